The lowest BCUT2D eigenvalue weighted by Crippen LogP contribution is -2.01. The van der Waals surface area contributed by atoms with E-state index in [4.69, 9.17) is 24.4 Å². The fourth-order valence-electron chi connectivity index (χ4n) is 2.52. The molecular formula is C25H38O5. The smallest absolute Gasteiger partial charge is 0.0716 e. The molecule has 0 atom stereocenters. The van der Waals surface area contributed by atoms with Crippen molar-refractivity contribution >= 4 is 0 Å². The molecule has 0 aliphatic rings. The Morgan fingerprint density at radius 3 is 1.33 bits per heavy atom. The van der Waals surface area contributed by atoms with Crippen LogP contribution in [0.1, 0.15) is 43.2 Å². The van der Waals surface area contributed by atoms with Crippen molar-refractivity contribution in [3.05, 3.63) is 71.8 Å². The molecule has 2 aromatic rings. The molecule has 0 bridgehead atoms. The van der Waals surface area contributed by atoms with Crippen molar-refractivity contribution < 1.29 is 24.4 Å². The standard InChI is InChI=1S/C14H22O3.C11H16O2/c15-9-6-12-16-10-4-5-11-17-13-14-7-2-1-3-8-14;12-8-4-5-9-13-10-11-6-2-1-3-7-11/h1-3,7-8,15H,4-6,9-13H2;1-3,6-7,12H,4-5,8-10H2. The maximum atomic E-state index is 8.55. The van der Waals surface area contributed by atoms with E-state index in [1.54, 1.807) is 0 Å². The summed E-state index contributed by atoms with van der Waals surface area (Å²) >= 11 is 0. The van der Waals surface area contributed by atoms with Gasteiger partial charge in [0.1, 0.15) is 0 Å². The highest BCUT2D eigenvalue weighted by molar-refractivity contribution is 5.14. The number of ether oxygens (including phenoxy) is 3. The topological polar surface area (TPSA) is 68.2 Å². The number of benzene rings is 2. The first-order valence-corrected chi connectivity index (χ1v) is 10.9. The molecule has 168 valence electrons. The Labute approximate surface area is 181 Å². The summed E-state index contributed by atoms with van der Waals surface area (Å²) in [6, 6.07) is 20.3. The predicted molar refractivity (Wildman–Crippen MR) is 120 cm³/mol. The van der Waals surface area contributed by atoms with E-state index in [0.717, 1.165) is 51.9 Å². The molecular weight excluding hydrogens is 380 g/mol. The van der Waals surface area contributed by atoms with Gasteiger partial charge in [-0.2, -0.15) is 0 Å². The van der Waals surface area contributed by atoms with Crippen LogP contribution in [-0.2, 0) is 27.4 Å². The van der Waals surface area contributed by atoms with Gasteiger partial charge in [0, 0.05) is 39.6 Å². The van der Waals surface area contributed by atoms with Crippen LogP contribution in [0, 0.1) is 0 Å². The quantitative estimate of drug-likeness (QED) is 0.397. The number of hydrogen-bond acceptors (Lipinski definition) is 5. The molecule has 2 N–H and O–H groups in total. The van der Waals surface area contributed by atoms with E-state index < -0.39 is 0 Å². The maximum Gasteiger partial charge on any atom is 0.0716 e. The Balaban J connectivity index is 0.000000311. The van der Waals surface area contributed by atoms with Crippen molar-refractivity contribution in [3.63, 3.8) is 0 Å². The minimum absolute atomic E-state index is 0.209. The van der Waals surface area contributed by atoms with Gasteiger partial charge in [0.25, 0.3) is 0 Å². The average molecular weight is 419 g/mol. The summed E-state index contributed by atoms with van der Waals surface area (Å²) in [5.41, 5.74) is 2.41. The number of aliphatic hydroxyl groups excluding tert-OH is 2. The van der Waals surface area contributed by atoms with Crippen LogP contribution in [0.2, 0.25) is 0 Å². The van der Waals surface area contributed by atoms with Crippen LogP contribution in [0.25, 0.3) is 0 Å². The maximum absolute atomic E-state index is 8.55. The molecule has 0 heterocycles. The zero-order chi connectivity index (χ0) is 21.5. The summed E-state index contributed by atoms with van der Waals surface area (Å²) in [6.07, 6.45) is 4.52. The highest BCUT2D eigenvalue weighted by Crippen LogP contribution is 2.02. The van der Waals surface area contributed by atoms with Crippen molar-refractivity contribution in [1.82, 2.24) is 0 Å². The first-order valence-electron chi connectivity index (χ1n) is 10.9. The second-order valence-electron chi connectivity index (χ2n) is 6.90. The SMILES string of the molecule is OCCCCOCc1ccccc1.OCCCOCCCCOCc1ccccc1. The van der Waals surface area contributed by atoms with E-state index in [9.17, 15) is 0 Å². The fraction of sp³-hybridized carbons (Fsp3) is 0.520. The van der Waals surface area contributed by atoms with Gasteiger partial charge in [-0.05, 0) is 43.2 Å². The number of aliphatic hydroxyl groups is 2. The van der Waals surface area contributed by atoms with E-state index in [0.29, 0.717) is 19.8 Å². The Hall–Kier alpha value is -1.76. The van der Waals surface area contributed by atoms with Gasteiger partial charge in [-0.1, -0.05) is 60.7 Å². The van der Waals surface area contributed by atoms with E-state index in [2.05, 4.69) is 12.1 Å². The third-order valence-electron chi connectivity index (χ3n) is 4.19. The monoisotopic (exact) mass is 418 g/mol. The molecule has 0 spiro atoms. The molecule has 5 nitrogen and oxygen atoms in total. The lowest BCUT2D eigenvalue weighted by atomic mass is 10.2. The zero-order valence-electron chi connectivity index (χ0n) is 18.1. The van der Waals surface area contributed by atoms with Crippen molar-refractivity contribution in [2.75, 3.05) is 39.6 Å². The first kappa shape index (κ1) is 26.3. The summed E-state index contributed by atoms with van der Waals surface area (Å²) in [5.74, 6) is 0. The molecule has 0 aromatic heterocycles. The van der Waals surface area contributed by atoms with Crippen LogP contribution >= 0.6 is 0 Å². The molecule has 5 heteroatoms. The molecule has 0 amide bonds. The van der Waals surface area contributed by atoms with Gasteiger partial charge in [0.2, 0.25) is 0 Å². The molecule has 0 fully saturated rings. The largest absolute Gasteiger partial charge is 0.396 e. The summed E-state index contributed by atoms with van der Waals surface area (Å²) in [6.45, 7) is 4.75. The Bertz CT molecular complexity index is 577. The third-order valence-corrected chi connectivity index (χ3v) is 4.19. The summed E-state index contributed by atoms with van der Waals surface area (Å²) in [7, 11) is 0. The van der Waals surface area contributed by atoms with E-state index in [1.165, 1.54) is 11.1 Å². The molecule has 0 aliphatic carbocycles. The fourth-order valence-corrected chi connectivity index (χ4v) is 2.52. The minimum atomic E-state index is 0.209. The van der Waals surface area contributed by atoms with Crippen LogP contribution < -0.4 is 0 Å². The predicted octanol–water partition coefficient (Wildman–Crippen LogP) is 4.36. The van der Waals surface area contributed by atoms with Crippen molar-refractivity contribution in [3.8, 4) is 0 Å². The van der Waals surface area contributed by atoms with Gasteiger partial charge in [0.05, 0.1) is 13.2 Å². The molecule has 0 aliphatic heterocycles. The van der Waals surface area contributed by atoms with E-state index in [1.807, 2.05) is 48.5 Å². The zero-order valence-corrected chi connectivity index (χ0v) is 18.1. The Morgan fingerprint density at radius 1 is 0.467 bits per heavy atom. The van der Waals surface area contributed by atoms with Crippen molar-refractivity contribution in [1.29, 1.82) is 0 Å². The molecule has 30 heavy (non-hydrogen) atoms. The summed E-state index contributed by atoms with van der Waals surface area (Å²) in [5, 5.41) is 17.1. The summed E-state index contributed by atoms with van der Waals surface area (Å²) < 4.78 is 16.3. The molecule has 2 aromatic carbocycles. The van der Waals surface area contributed by atoms with Crippen LogP contribution in [0.15, 0.2) is 60.7 Å². The summed E-state index contributed by atoms with van der Waals surface area (Å²) in [4.78, 5) is 0. The second-order valence-corrected chi connectivity index (χ2v) is 6.90. The Kier molecular flexibility index (Phi) is 18.0. The van der Waals surface area contributed by atoms with Crippen molar-refractivity contribution in [2.45, 2.75) is 45.3 Å². The minimum Gasteiger partial charge on any atom is -0.396 e. The van der Waals surface area contributed by atoms with Gasteiger partial charge in [-0.3, -0.25) is 0 Å². The molecule has 2 rings (SSSR count). The van der Waals surface area contributed by atoms with Gasteiger partial charge in [-0.25, -0.2) is 0 Å². The van der Waals surface area contributed by atoms with Crippen molar-refractivity contribution in [2.24, 2.45) is 0 Å². The second kappa shape index (κ2) is 20.5. The lowest BCUT2D eigenvalue weighted by molar-refractivity contribution is 0.0894. The van der Waals surface area contributed by atoms with Gasteiger partial charge in [-0.15, -0.1) is 0 Å². The van der Waals surface area contributed by atoms with Gasteiger partial charge < -0.3 is 24.4 Å². The number of unbranched alkanes of at least 4 members (excludes halogenated alkanes) is 2. The highest BCUT2D eigenvalue weighted by Gasteiger charge is 1.93. The van der Waals surface area contributed by atoms with E-state index in [-0.39, 0.29) is 13.2 Å². The third kappa shape index (κ3) is 16.1. The van der Waals surface area contributed by atoms with Crippen LogP contribution in [0.5, 0.6) is 0 Å². The highest BCUT2D eigenvalue weighted by atomic mass is 16.5. The first-order chi connectivity index (χ1) is 14.9. The average Bonchev–Trinajstić information content (AvgIpc) is 2.80. The van der Waals surface area contributed by atoms with Crippen LogP contribution in [-0.4, -0.2) is 49.9 Å². The number of hydrogen-bond donors (Lipinski definition) is 2. The van der Waals surface area contributed by atoms with Gasteiger partial charge >= 0.3 is 0 Å². The molecule has 0 unspecified atom stereocenters. The molecule has 0 saturated heterocycles. The molecule has 0 saturated carbocycles. The lowest BCUT2D eigenvalue weighted by Gasteiger charge is -2.05. The van der Waals surface area contributed by atoms with Gasteiger partial charge in [0.15, 0.2) is 0 Å². The van der Waals surface area contributed by atoms with Crippen LogP contribution in [0.3, 0.4) is 0 Å². The van der Waals surface area contributed by atoms with Crippen LogP contribution in [0.4, 0.5) is 0 Å². The molecule has 0 radical (unpaired) electrons. The Morgan fingerprint density at radius 2 is 0.867 bits per heavy atom. The normalized spacial score (nSPS) is 10.5. The number of rotatable bonds is 16. The van der Waals surface area contributed by atoms with E-state index >= 15 is 0 Å².